The fourth-order valence-corrected chi connectivity index (χ4v) is 4.10. The molecule has 1 saturated carbocycles. The lowest BCUT2D eigenvalue weighted by Crippen LogP contribution is -2.35. The van der Waals surface area contributed by atoms with Crippen molar-refractivity contribution in [1.29, 1.82) is 0 Å². The van der Waals surface area contributed by atoms with Crippen LogP contribution in [0, 0.1) is 19.8 Å². The zero-order chi connectivity index (χ0) is 12.9. The van der Waals surface area contributed by atoms with Crippen molar-refractivity contribution in [2.45, 2.75) is 62.8 Å². The highest BCUT2D eigenvalue weighted by Crippen LogP contribution is 2.46. The molecule has 1 aliphatic carbocycles. The summed E-state index contributed by atoms with van der Waals surface area (Å²) in [6.45, 7) is 9.23. The van der Waals surface area contributed by atoms with Crippen molar-refractivity contribution >= 4 is 11.8 Å². The van der Waals surface area contributed by atoms with Gasteiger partial charge in [-0.2, -0.15) is 0 Å². The van der Waals surface area contributed by atoms with Gasteiger partial charge in [-0.1, -0.05) is 19.9 Å². The summed E-state index contributed by atoms with van der Waals surface area (Å²) in [5, 5.41) is 4.57. The fourth-order valence-electron chi connectivity index (χ4n) is 2.76. The van der Waals surface area contributed by atoms with Gasteiger partial charge in [0.2, 0.25) is 0 Å². The van der Waals surface area contributed by atoms with Crippen LogP contribution in [0.1, 0.15) is 49.4 Å². The number of benzene rings is 1. The maximum atomic E-state index is 3.86. The van der Waals surface area contributed by atoms with E-state index in [9.17, 15) is 0 Å². The molecule has 2 aliphatic rings. The van der Waals surface area contributed by atoms with Crippen LogP contribution < -0.4 is 5.32 Å². The van der Waals surface area contributed by atoms with Crippen LogP contribution in [0.3, 0.4) is 0 Å². The molecule has 1 aromatic rings. The van der Waals surface area contributed by atoms with Gasteiger partial charge in [-0.25, -0.2) is 0 Å². The third-order valence-corrected chi connectivity index (χ3v) is 5.94. The normalized spacial score (nSPS) is 31.2. The second-order valence-corrected chi connectivity index (χ2v) is 7.49. The summed E-state index contributed by atoms with van der Waals surface area (Å²) in [6.07, 6.45) is 2.73. The highest BCUT2D eigenvalue weighted by Gasteiger charge is 2.35. The number of rotatable bonds is 2. The first-order chi connectivity index (χ1) is 8.56. The molecule has 0 aromatic heterocycles. The largest absolute Gasteiger partial charge is 0.307 e. The molecule has 1 N–H and O–H groups in total. The lowest BCUT2D eigenvalue weighted by Gasteiger charge is -2.37. The molecule has 0 saturated heterocycles. The highest BCUT2D eigenvalue weighted by atomic mass is 32.2. The van der Waals surface area contributed by atoms with Crippen molar-refractivity contribution in [1.82, 2.24) is 5.32 Å². The quantitative estimate of drug-likeness (QED) is 0.855. The van der Waals surface area contributed by atoms with Gasteiger partial charge in [0.25, 0.3) is 0 Å². The van der Waals surface area contributed by atoms with Crippen LogP contribution in [0.2, 0.25) is 0 Å². The Bertz CT molecular complexity index is 464. The molecule has 0 spiro atoms. The van der Waals surface area contributed by atoms with Crippen LogP contribution in [0.15, 0.2) is 17.0 Å². The van der Waals surface area contributed by atoms with Crippen LogP contribution in [0.25, 0.3) is 0 Å². The van der Waals surface area contributed by atoms with E-state index in [1.165, 1.54) is 28.9 Å². The van der Waals surface area contributed by atoms with Crippen LogP contribution >= 0.6 is 11.8 Å². The van der Waals surface area contributed by atoms with E-state index < -0.39 is 0 Å². The summed E-state index contributed by atoms with van der Waals surface area (Å²) in [4.78, 5) is 1.50. The van der Waals surface area contributed by atoms with Crippen LogP contribution in [0.4, 0.5) is 0 Å². The molecule has 3 unspecified atom stereocenters. The third-order valence-electron chi connectivity index (χ3n) is 4.53. The number of fused-ring (bicyclic) bond motifs is 1. The molecule has 0 bridgehead atoms. The van der Waals surface area contributed by atoms with E-state index in [4.69, 9.17) is 0 Å². The van der Waals surface area contributed by atoms with Crippen molar-refractivity contribution in [3.05, 3.63) is 28.8 Å². The summed E-state index contributed by atoms with van der Waals surface area (Å²) in [7, 11) is 0. The Balaban J connectivity index is 2.00. The molecular formula is C16H23NS. The van der Waals surface area contributed by atoms with E-state index in [2.05, 4.69) is 56.9 Å². The fraction of sp³-hybridized carbons (Fsp3) is 0.625. The molecule has 18 heavy (non-hydrogen) atoms. The van der Waals surface area contributed by atoms with Gasteiger partial charge in [0.05, 0.1) is 0 Å². The van der Waals surface area contributed by atoms with Gasteiger partial charge in [-0.15, -0.1) is 11.8 Å². The second-order valence-electron chi connectivity index (χ2n) is 6.07. The number of hydrogen-bond donors (Lipinski definition) is 1. The van der Waals surface area contributed by atoms with Crippen molar-refractivity contribution in [3.8, 4) is 0 Å². The lowest BCUT2D eigenvalue weighted by molar-refractivity contribution is 0.369. The van der Waals surface area contributed by atoms with E-state index in [1.807, 2.05) is 0 Å². The molecule has 1 aromatic carbocycles. The zero-order valence-corrected chi connectivity index (χ0v) is 12.6. The predicted octanol–water partition coefficient (Wildman–Crippen LogP) is 4.23. The molecular weight excluding hydrogens is 238 g/mol. The van der Waals surface area contributed by atoms with Crippen LogP contribution in [-0.2, 0) is 0 Å². The Kier molecular flexibility index (Phi) is 3.19. The van der Waals surface area contributed by atoms with Gasteiger partial charge in [0.1, 0.15) is 0 Å². The van der Waals surface area contributed by atoms with Gasteiger partial charge < -0.3 is 5.32 Å². The van der Waals surface area contributed by atoms with E-state index in [-0.39, 0.29) is 0 Å². The second kappa shape index (κ2) is 4.57. The minimum Gasteiger partial charge on any atom is -0.307 e. The Morgan fingerprint density at radius 2 is 1.78 bits per heavy atom. The first kappa shape index (κ1) is 12.6. The number of thioether (sulfide) groups is 1. The molecule has 0 amide bonds. The molecule has 1 heterocycles. The molecule has 3 rings (SSSR count). The zero-order valence-electron chi connectivity index (χ0n) is 11.8. The highest BCUT2D eigenvalue weighted by molar-refractivity contribution is 8.00. The van der Waals surface area contributed by atoms with Crippen molar-refractivity contribution in [2.75, 3.05) is 0 Å². The lowest BCUT2D eigenvalue weighted by atomic mass is 9.89. The van der Waals surface area contributed by atoms with Crippen LogP contribution in [-0.4, -0.2) is 11.3 Å². The van der Waals surface area contributed by atoms with Crippen LogP contribution in [0.5, 0.6) is 0 Å². The first-order valence-electron chi connectivity index (χ1n) is 7.10. The minimum atomic E-state index is 0.558. The van der Waals surface area contributed by atoms with Crippen molar-refractivity contribution < 1.29 is 0 Å². The molecule has 2 heteroatoms. The minimum absolute atomic E-state index is 0.558. The topological polar surface area (TPSA) is 12.0 Å². The monoisotopic (exact) mass is 261 g/mol. The molecule has 1 nitrogen and oxygen atoms in total. The molecule has 98 valence electrons. The summed E-state index contributed by atoms with van der Waals surface area (Å²) in [5.41, 5.74) is 4.40. The van der Waals surface area contributed by atoms with Crippen molar-refractivity contribution in [2.24, 2.45) is 5.92 Å². The average molecular weight is 261 g/mol. The summed E-state index contributed by atoms with van der Waals surface area (Å²) in [6, 6.07) is 6.14. The maximum Gasteiger partial charge on any atom is 0.0370 e. The van der Waals surface area contributed by atoms with Gasteiger partial charge >= 0.3 is 0 Å². The van der Waals surface area contributed by atoms with Gasteiger partial charge in [-0.05, 0) is 55.4 Å². The van der Waals surface area contributed by atoms with E-state index in [0.717, 1.165) is 6.04 Å². The summed E-state index contributed by atoms with van der Waals surface area (Å²) >= 11 is 2.05. The Hall–Kier alpha value is -0.470. The van der Waals surface area contributed by atoms with E-state index in [0.29, 0.717) is 17.2 Å². The number of aryl methyl sites for hydroxylation is 2. The molecule has 1 aliphatic heterocycles. The average Bonchev–Trinajstić information content (AvgIpc) is 3.12. The Morgan fingerprint density at radius 1 is 1.11 bits per heavy atom. The summed E-state index contributed by atoms with van der Waals surface area (Å²) in [5.74, 6) is 0.713. The maximum absolute atomic E-state index is 3.86. The molecule has 0 radical (unpaired) electrons. The van der Waals surface area contributed by atoms with Crippen molar-refractivity contribution in [3.63, 3.8) is 0 Å². The van der Waals surface area contributed by atoms with Gasteiger partial charge in [0, 0.05) is 22.2 Å². The first-order valence-corrected chi connectivity index (χ1v) is 7.98. The molecule has 1 fully saturated rings. The third kappa shape index (κ3) is 2.21. The SMILES string of the molecule is Cc1cc2c(cc1C)C(NC1CC1)C(C)C(C)S2. The van der Waals surface area contributed by atoms with E-state index >= 15 is 0 Å². The standard InChI is InChI=1S/C16H23NS/c1-9-7-14-15(8-10(9)2)18-12(4)11(3)16(14)17-13-5-6-13/h7-8,11-13,16-17H,5-6H2,1-4H3. The Morgan fingerprint density at radius 3 is 2.44 bits per heavy atom. The predicted molar refractivity (Wildman–Crippen MR) is 79.3 cm³/mol. The smallest absolute Gasteiger partial charge is 0.0370 e. The number of nitrogens with one attached hydrogen (secondary N) is 1. The Labute approximate surface area is 115 Å². The summed E-state index contributed by atoms with van der Waals surface area (Å²) < 4.78 is 0. The van der Waals surface area contributed by atoms with E-state index in [1.54, 1.807) is 5.56 Å². The number of hydrogen-bond acceptors (Lipinski definition) is 2. The molecule has 3 atom stereocenters. The van der Waals surface area contributed by atoms with Gasteiger partial charge in [-0.3, -0.25) is 0 Å². The van der Waals surface area contributed by atoms with Gasteiger partial charge in [0.15, 0.2) is 0 Å².